The Bertz CT molecular complexity index is 289. The van der Waals surface area contributed by atoms with Crippen molar-refractivity contribution in [3.8, 4) is 0 Å². The molecular weight excluding hydrogens is 152 g/mol. The highest BCUT2D eigenvalue weighted by Crippen LogP contribution is 2.11. The van der Waals surface area contributed by atoms with E-state index in [0.717, 1.165) is 18.5 Å². The van der Waals surface area contributed by atoms with Crippen molar-refractivity contribution < 1.29 is 4.79 Å². The molecule has 3 heteroatoms. The summed E-state index contributed by atoms with van der Waals surface area (Å²) >= 11 is 0. The van der Waals surface area contributed by atoms with Crippen LogP contribution >= 0.6 is 0 Å². The minimum atomic E-state index is -0.388. The molecule has 0 bridgehead atoms. The van der Waals surface area contributed by atoms with Gasteiger partial charge < -0.3 is 10.7 Å². The van der Waals surface area contributed by atoms with Gasteiger partial charge in [0.05, 0.1) is 0 Å². The highest BCUT2D eigenvalue weighted by atomic mass is 16.1. The SMILES string of the molecule is CCCc1cc(C(N)=O)[nH]c1C. The fraction of sp³-hybridized carbons (Fsp3) is 0.444. The molecule has 1 amide bonds. The van der Waals surface area contributed by atoms with Crippen molar-refractivity contribution in [3.63, 3.8) is 0 Å². The molecule has 0 fully saturated rings. The van der Waals surface area contributed by atoms with Gasteiger partial charge in [-0.1, -0.05) is 13.3 Å². The number of H-pyrrole nitrogens is 1. The molecule has 1 aromatic rings. The smallest absolute Gasteiger partial charge is 0.265 e. The van der Waals surface area contributed by atoms with Crippen molar-refractivity contribution in [1.82, 2.24) is 4.98 Å². The molecule has 0 aliphatic carbocycles. The van der Waals surface area contributed by atoms with Crippen molar-refractivity contribution in [3.05, 3.63) is 23.0 Å². The van der Waals surface area contributed by atoms with E-state index < -0.39 is 0 Å². The lowest BCUT2D eigenvalue weighted by Gasteiger charge is -1.92. The number of aromatic nitrogens is 1. The molecule has 0 saturated carbocycles. The fourth-order valence-electron chi connectivity index (χ4n) is 1.26. The van der Waals surface area contributed by atoms with Crippen LogP contribution in [0, 0.1) is 6.92 Å². The zero-order valence-corrected chi connectivity index (χ0v) is 7.48. The minimum Gasteiger partial charge on any atom is -0.364 e. The van der Waals surface area contributed by atoms with E-state index in [1.54, 1.807) is 0 Å². The lowest BCUT2D eigenvalue weighted by atomic mass is 10.1. The minimum absolute atomic E-state index is 0.388. The molecule has 3 nitrogen and oxygen atoms in total. The van der Waals surface area contributed by atoms with Crippen LogP contribution in [0.25, 0.3) is 0 Å². The number of carbonyl (C=O) groups excluding carboxylic acids is 1. The number of aryl methyl sites for hydroxylation is 2. The van der Waals surface area contributed by atoms with Gasteiger partial charge in [0.15, 0.2) is 0 Å². The average molecular weight is 166 g/mol. The number of hydrogen-bond acceptors (Lipinski definition) is 1. The van der Waals surface area contributed by atoms with Gasteiger partial charge in [0.25, 0.3) is 5.91 Å². The highest BCUT2D eigenvalue weighted by molar-refractivity contribution is 5.91. The molecule has 1 heterocycles. The van der Waals surface area contributed by atoms with Gasteiger partial charge in [0, 0.05) is 5.69 Å². The Morgan fingerprint density at radius 1 is 1.67 bits per heavy atom. The maximum Gasteiger partial charge on any atom is 0.265 e. The van der Waals surface area contributed by atoms with Gasteiger partial charge in [-0.15, -0.1) is 0 Å². The number of aromatic amines is 1. The Morgan fingerprint density at radius 3 is 2.75 bits per heavy atom. The number of nitrogens with one attached hydrogen (secondary N) is 1. The van der Waals surface area contributed by atoms with E-state index in [2.05, 4.69) is 11.9 Å². The number of rotatable bonds is 3. The third-order valence-electron chi connectivity index (χ3n) is 1.91. The monoisotopic (exact) mass is 166 g/mol. The van der Waals surface area contributed by atoms with Gasteiger partial charge in [0.2, 0.25) is 0 Å². The zero-order chi connectivity index (χ0) is 9.14. The van der Waals surface area contributed by atoms with E-state index in [-0.39, 0.29) is 5.91 Å². The number of amides is 1. The predicted molar refractivity (Wildman–Crippen MR) is 48.0 cm³/mol. The van der Waals surface area contributed by atoms with E-state index in [0.29, 0.717) is 5.69 Å². The van der Waals surface area contributed by atoms with Crippen LogP contribution in [-0.4, -0.2) is 10.9 Å². The largest absolute Gasteiger partial charge is 0.364 e. The summed E-state index contributed by atoms with van der Waals surface area (Å²) in [5.41, 5.74) is 7.87. The summed E-state index contributed by atoms with van der Waals surface area (Å²) in [6.45, 7) is 4.06. The first-order valence-corrected chi connectivity index (χ1v) is 4.13. The van der Waals surface area contributed by atoms with Crippen LogP contribution in [0.1, 0.15) is 35.1 Å². The average Bonchev–Trinajstić information content (AvgIpc) is 2.34. The molecule has 0 unspecified atom stereocenters. The molecule has 1 rings (SSSR count). The van der Waals surface area contributed by atoms with Crippen molar-refractivity contribution in [2.75, 3.05) is 0 Å². The van der Waals surface area contributed by atoms with Crippen molar-refractivity contribution in [2.45, 2.75) is 26.7 Å². The summed E-state index contributed by atoms with van der Waals surface area (Å²) in [5, 5.41) is 0. The van der Waals surface area contributed by atoms with Crippen LogP contribution in [0.15, 0.2) is 6.07 Å². The van der Waals surface area contributed by atoms with Gasteiger partial charge in [-0.25, -0.2) is 0 Å². The summed E-state index contributed by atoms with van der Waals surface area (Å²) in [6.07, 6.45) is 2.08. The molecule has 0 saturated heterocycles. The first-order chi connectivity index (χ1) is 5.65. The summed E-state index contributed by atoms with van der Waals surface area (Å²) in [7, 11) is 0. The summed E-state index contributed by atoms with van der Waals surface area (Å²) in [5.74, 6) is -0.388. The number of hydrogen-bond donors (Lipinski definition) is 2. The third kappa shape index (κ3) is 1.67. The van der Waals surface area contributed by atoms with E-state index in [9.17, 15) is 4.79 Å². The fourth-order valence-corrected chi connectivity index (χ4v) is 1.26. The van der Waals surface area contributed by atoms with Crippen molar-refractivity contribution in [1.29, 1.82) is 0 Å². The first-order valence-electron chi connectivity index (χ1n) is 4.13. The molecular formula is C9H14N2O. The molecule has 1 aromatic heterocycles. The number of primary amides is 1. The maximum atomic E-state index is 10.8. The van der Waals surface area contributed by atoms with Crippen molar-refractivity contribution in [2.24, 2.45) is 5.73 Å². The molecule has 0 aliphatic heterocycles. The van der Waals surface area contributed by atoms with Gasteiger partial charge in [-0.3, -0.25) is 4.79 Å². The maximum absolute atomic E-state index is 10.8. The standard InChI is InChI=1S/C9H14N2O/c1-3-4-7-5-8(9(10)12)11-6(7)2/h5,11H,3-4H2,1-2H3,(H2,10,12). The Labute approximate surface area is 72.0 Å². The summed E-state index contributed by atoms with van der Waals surface area (Å²) in [4.78, 5) is 13.7. The van der Waals surface area contributed by atoms with Crippen LogP contribution < -0.4 is 5.73 Å². The number of carbonyl (C=O) groups is 1. The van der Waals surface area contributed by atoms with Crippen LogP contribution in [-0.2, 0) is 6.42 Å². The van der Waals surface area contributed by atoms with Crippen molar-refractivity contribution >= 4 is 5.91 Å². The predicted octanol–water partition coefficient (Wildman–Crippen LogP) is 1.37. The van der Waals surface area contributed by atoms with E-state index in [1.807, 2.05) is 13.0 Å². The van der Waals surface area contributed by atoms with Gasteiger partial charge in [0.1, 0.15) is 5.69 Å². The van der Waals surface area contributed by atoms with Crippen LogP contribution in [0.2, 0.25) is 0 Å². The van der Waals surface area contributed by atoms with Gasteiger partial charge >= 0.3 is 0 Å². The summed E-state index contributed by atoms with van der Waals surface area (Å²) in [6, 6.07) is 1.83. The topological polar surface area (TPSA) is 58.9 Å². The Morgan fingerprint density at radius 2 is 2.33 bits per heavy atom. The van der Waals surface area contributed by atoms with Crippen LogP contribution in [0.5, 0.6) is 0 Å². The quantitative estimate of drug-likeness (QED) is 0.700. The van der Waals surface area contributed by atoms with E-state index in [1.165, 1.54) is 5.56 Å². The Hall–Kier alpha value is -1.25. The molecule has 66 valence electrons. The Kier molecular flexibility index (Phi) is 2.53. The molecule has 12 heavy (non-hydrogen) atoms. The van der Waals surface area contributed by atoms with Crippen LogP contribution in [0.3, 0.4) is 0 Å². The second-order valence-electron chi connectivity index (χ2n) is 2.95. The first kappa shape index (κ1) is 8.84. The Balaban J connectivity index is 2.92. The van der Waals surface area contributed by atoms with E-state index in [4.69, 9.17) is 5.73 Å². The highest BCUT2D eigenvalue weighted by Gasteiger charge is 2.06. The summed E-state index contributed by atoms with van der Waals surface area (Å²) < 4.78 is 0. The second kappa shape index (κ2) is 3.43. The molecule has 0 spiro atoms. The number of nitrogens with two attached hydrogens (primary N) is 1. The normalized spacial score (nSPS) is 10.2. The molecule has 0 atom stereocenters. The molecule has 3 N–H and O–H groups in total. The van der Waals surface area contributed by atoms with Gasteiger partial charge in [-0.05, 0) is 25.0 Å². The lowest BCUT2D eigenvalue weighted by molar-refractivity contribution is 0.0996. The molecule has 0 aromatic carbocycles. The molecule has 0 aliphatic rings. The van der Waals surface area contributed by atoms with Gasteiger partial charge in [-0.2, -0.15) is 0 Å². The van der Waals surface area contributed by atoms with E-state index >= 15 is 0 Å². The molecule has 0 radical (unpaired) electrons. The van der Waals surface area contributed by atoms with Crippen LogP contribution in [0.4, 0.5) is 0 Å². The zero-order valence-electron chi connectivity index (χ0n) is 7.48. The third-order valence-corrected chi connectivity index (χ3v) is 1.91. The second-order valence-corrected chi connectivity index (χ2v) is 2.95. The lowest BCUT2D eigenvalue weighted by Crippen LogP contribution is -2.10.